The Kier molecular flexibility index (Phi) is 3.13. The van der Waals surface area contributed by atoms with Gasteiger partial charge in [-0.2, -0.15) is 0 Å². The van der Waals surface area contributed by atoms with Gasteiger partial charge >= 0.3 is 0 Å². The van der Waals surface area contributed by atoms with Crippen molar-refractivity contribution in [3.8, 4) is 5.69 Å². The lowest BCUT2D eigenvalue weighted by Gasteiger charge is -2.29. The van der Waals surface area contributed by atoms with Crippen LogP contribution in [-0.4, -0.2) is 10.4 Å². The number of aromatic nitrogens is 1. The average Bonchev–Trinajstić information content (AvgIpc) is 2.75. The third-order valence-electron chi connectivity index (χ3n) is 4.01. The van der Waals surface area contributed by atoms with Crippen LogP contribution in [-0.2, 0) is 6.42 Å². The highest BCUT2D eigenvalue weighted by Gasteiger charge is 2.33. The molecule has 3 heteroatoms. The van der Waals surface area contributed by atoms with Gasteiger partial charge in [-0.05, 0) is 42.5 Å². The number of aryl methyl sites for hydroxylation is 1. The first-order valence-electron chi connectivity index (χ1n) is 6.87. The molecule has 0 bridgehead atoms. The number of benzene rings is 1. The van der Waals surface area contributed by atoms with Gasteiger partial charge in [-0.25, -0.2) is 0 Å². The minimum absolute atomic E-state index is 0.0438. The molecule has 0 saturated carbocycles. The highest BCUT2D eigenvalue weighted by molar-refractivity contribution is 9.10. The zero-order valence-corrected chi connectivity index (χ0v) is 13.6. The molecule has 0 radical (unpaired) electrons. The molecule has 20 heavy (non-hydrogen) atoms. The Balaban J connectivity index is 2.13. The van der Waals surface area contributed by atoms with Gasteiger partial charge in [0.15, 0.2) is 5.78 Å². The number of carbonyl (C=O) groups is 1. The van der Waals surface area contributed by atoms with Gasteiger partial charge in [-0.3, -0.25) is 4.79 Å². The van der Waals surface area contributed by atoms with Crippen LogP contribution in [0.2, 0.25) is 0 Å². The van der Waals surface area contributed by atoms with Gasteiger partial charge in [-0.1, -0.05) is 35.8 Å². The van der Waals surface area contributed by atoms with Gasteiger partial charge in [-0.15, -0.1) is 0 Å². The molecule has 1 heterocycles. The molecule has 0 aliphatic heterocycles. The zero-order chi connectivity index (χ0) is 14.5. The van der Waals surface area contributed by atoms with E-state index in [-0.39, 0.29) is 11.2 Å². The van der Waals surface area contributed by atoms with E-state index in [1.54, 1.807) is 0 Å². The lowest BCUT2D eigenvalue weighted by molar-refractivity contribution is 0.0911. The van der Waals surface area contributed by atoms with Crippen molar-refractivity contribution in [2.45, 2.75) is 33.6 Å². The maximum atomic E-state index is 12.2. The first-order valence-corrected chi connectivity index (χ1v) is 7.67. The second kappa shape index (κ2) is 4.59. The van der Waals surface area contributed by atoms with Crippen LogP contribution in [0.4, 0.5) is 0 Å². The van der Waals surface area contributed by atoms with Crippen LogP contribution in [0.25, 0.3) is 5.69 Å². The van der Waals surface area contributed by atoms with Crippen LogP contribution < -0.4 is 0 Å². The van der Waals surface area contributed by atoms with E-state index < -0.39 is 0 Å². The summed E-state index contributed by atoms with van der Waals surface area (Å²) < 4.78 is 3.25. The Morgan fingerprint density at radius 2 is 1.95 bits per heavy atom. The van der Waals surface area contributed by atoms with Crippen LogP contribution in [0.3, 0.4) is 0 Å². The molecule has 2 aromatic rings. The standard InChI is InChI=1S/C17H18BrNO/c1-11-4-5-12(8-14(11)18)19-7-6-13-15(19)9-17(2,3)10-16(13)20/h4-8H,9-10H2,1-3H3. The quantitative estimate of drug-likeness (QED) is 0.742. The van der Waals surface area contributed by atoms with Gasteiger partial charge in [0.2, 0.25) is 0 Å². The molecule has 0 unspecified atom stereocenters. The number of halogens is 1. The van der Waals surface area contributed by atoms with Crippen LogP contribution in [0.5, 0.6) is 0 Å². The van der Waals surface area contributed by atoms with Gasteiger partial charge in [0.1, 0.15) is 0 Å². The highest BCUT2D eigenvalue weighted by atomic mass is 79.9. The second-order valence-electron chi connectivity index (χ2n) is 6.42. The zero-order valence-electron chi connectivity index (χ0n) is 12.0. The molecule has 0 amide bonds. The number of rotatable bonds is 1. The summed E-state index contributed by atoms with van der Waals surface area (Å²) in [6.07, 6.45) is 3.59. The predicted octanol–water partition coefficient (Wildman–Crippen LogP) is 4.70. The van der Waals surface area contributed by atoms with Gasteiger partial charge in [0, 0.05) is 34.0 Å². The minimum atomic E-state index is 0.0438. The molecule has 0 fully saturated rings. The smallest absolute Gasteiger partial charge is 0.165 e. The van der Waals surface area contributed by atoms with Crippen molar-refractivity contribution >= 4 is 21.7 Å². The van der Waals surface area contributed by atoms with Crippen LogP contribution in [0, 0.1) is 12.3 Å². The molecule has 3 rings (SSSR count). The number of fused-ring (bicyclic) bond motifs is 1. The van der Waals surface area contributed by atoms with E-state index in [1.165, 1.54) is 5.56 Å². The third kappa shape index (κ3) is 2.24. The van der Waals surface area contributed by atoms with E-state index in [1.807, 2.05) is 12.3 Å². The van der Waals surface area contributed by atoms with Gasteiger partial charge < -0.3 is 4.57 Å². The summed E-state index contributed by atoms with van der Waals surface area (Å²) in [5.74, 6) is 0.265. The first-order chi connectivity index (χ1) is 9.37. The summed E-state index contributed by atoms with van der Waals surface area (Å²) in [7, 11) is 0. The predicted molar refractivity (Wildman–Crippen MR) is 84.6 cm³/mol. The van der Waals surface area contributed by atoms with Crippen LogP contribution in [0.1, 0.15) is 41.9 Å². The lowest BCUT2D eigenvalue weighted by Crippen LogP contribution is -2.27. The van der Waals surface area contributed by atoms with Crippen molar-refractivity contribution < 1.29 is 4.79 Å². The van der Waals surface area contributed by atoms with E-state index in [2.05, 4.69) is 59.5 Å². The Labute approximate surface area is 127 Å². The Morgan fingerprint density at radius 1 is 1.20 bits per heavy atom. The van der Waals surface area contributed by atoms with Crippen molar-refractivity contribution in [3.63, 3.8) is 0 Å². The average molecular weight is 332 g/mol. The van der Waals surface area contributed by atoms with Crippen LogP contribution >= 0.6 is 15.9 Å². The molecule has 0 N–H and O–H groups in total. The summed E-state index contributed by atoms with van der Waals surface area (Å²) in [6, 6.07) is 8.27. The first kappa shape index (κ1) is 13.6. The van der Waals surface area contributed by atoms with Crippen molar-refractivity contribution in [3.05, 3.63) is 51.8 Å². The molecule has 104 valence electrons. The fraction of sp³-hybridized carbons (Fsp3) is 0.353. The van der Waals surface area contributed by atoms with E-state index in [0.717, 1.165) is 27.8 Å². The van der Waals surface area contributed by atoms with E-state index in [0.29, 0.717) is 6.42 Å². The molecule has 1 aromatic heterocycles. The number of Topliss-reactive ketones (excluding diaryl/α,β-unsaturated/α-hetero) is 1. The normalized spacial score (nSPS) is 17.1. The number of nitrogens with zero attached hydrogens (tertiary/aromatic N) is 1. The summed E-state index contributed by atoms with van der Waals surface area (Å²) in [5, 5.41) is 0. The van der Waals surface area contributed by atoms with Crippen molar-refractivity contribution in [1.82, 2.24) is 4.57 Å². The monoisotopic (exact) mass is 331 g/mol. The SMILES string of the molecule is Cc1ccc(-n2ccc3c2CC(C)(C)CC3=O)cc1Br. The molecule has 0 spiro atoms. The molecule has 1 aliphatic rings. The summed E-state index contributed by atoms with van der Waals surface area (Å²) in [4.78, 5) is 12.2. The molecule has 2 nitrogen and oxygen atoms in total. The van der Waals surface area contributed by atoms with E-state index >= 15 is 0 Å². The maximum absolute atomic E-state index is 12.2. The van der Waals surface area contributed by atoms with Crippen molar-refractivity contribution in [2.24, 2.45) is 5.41 Å². The number of hydrogen-bond donors (Lipinski definition) is 0. The van der Waals surface area contributed by atoms with Crippen molar-refractivity contribution in [1.29, 1.82) is 0 Å². The highest BCUT2D eigenvalue weighted by Crippen LogP contribution is 2.36. The fourth-order valence-electron chi connectivity index (χ4n) is 2.92. The topological polar surface area (TPSA) is 22.0 Å². The Bertz CT molecular complexity index is 697. The van der Waals surface area contributed by atoms with Gasteiger partial charge in [0.05, 0.1) is 0 Å². The summed E-state index contributed by atoms with van der Waals surface area (Å²) >= 11 is 3.58. The van der Waals surface area contributed by atoms with Gasteiger partial charge in [0.25, 0.3) is 0 Å². The Hall–Kier alpha value is -1.35. The lowest BCUT2D eigenvalue weighted by atomic mass is 9.76. The number of ketones is 1. The minimum Gasteiger partial charge on any atom is -0.320 e. The maximum Gasteiger partial charge on any atom is 0.165 e. The molecule has 0 atom stereocenters. The van der Waals surface area contributed by atoms with E-state index in [4.69, 9.17) is 0 Å². The second-order valence-corrected chi connectivity index (χ2v) is 7.27. The summed E-state index contributed by atoms with van der Waals surface area (Å²) in [6.45, 7) is 6.40. The molecular formula is C17H18BrNO. The van der Waals surface area contributed by atoms with Crippen LogP contribution in [0.15, 0.2) is 34.9 Å². The number of carbonyl (C=O) groups excluding carboxylic acids is 1. The molecule has 0 saturated heterocycles. The molecule has 1 aromatic carbocycles. The Morgan fingerprint density at radius 3 is 2.65 bits per heavy atom. The van der Waals surface area contributed by atoms with Crippen molar-refractivity contribution in [2.75, 3.05) is 0 Å². The largest absolute Gasteiger partial charge is 0.320 e. The molecule has 1 aliphatic carbocycles. The number of hydrogen-bond acceptors (Lipinski definition) is 1. The third-order valence-corrected chi connectivity index (χ3v) is 4.87. The fourth-order valence-corrected chi connectivity index (χ4v) is 3.29. The summed E-state index contributed by atoms with van der Waals surface area (Å²) in [5.41, 5.74) is 4.39. The van der Waals surface area contributed by atoms with E-state index in [9.17, 15) is 4.79 Å². The molecular weight excluding hydrogens is 314 g/mol.